The lowest BCUT2D eigenvalue weighted by Crippen LogP contribution is -2.33. The minimum atomic E-state index is -4.00. The third-order valence-corrected chi connectivity index (χ3v) is 3.15. The maximum atomic E-state index is 11.8. The van der Waals surface area contributed by atoms with Crippen molar-refractivity contribution in [3.63, 3.8) is 0 Å². The van der Waals surface area contributed by atoms with Gasteiger partial charge in [0.25, 0.3) is 0 Å². The number of hydrogen-bond acceptors (Lipinski definition) is 2. The van der Waals surface area contributed by atoms with Crippen LogP contribution in [0.4, 0.5) is 13.2 Å². The molecule has 0 heterocycles. The largest absolute Gasteiger partial charge is 0.389 e. The van der Waals surface area contributed by atoms with Crippen LogP contribution in [0.2, 0.25) is 0 Å². The second-order valence-corrected chi connectivity index (χ2v) is 4.76. The molecule has 0 spiro atoms. The van der Waals surface area contributed by atoms with E-state index in [0.717, 1.165) is 13.1 Å². The van der Waals surface area contributed by atoms with Crippen molar-refractivity contribution in [2.75, 3.05) is 19.6 Å². The number of rotatable bonds is 8. The van der Waals surface area contributed by atoms with Crippen LogP contribution < -0.4 is 10.6 Å². The smallest absolute Gasteiger partial charge is 0.315 e. The molecule has 0 aromatic rings. The minimum absolute atomic E-state index is 0.229. The van der Waals surface area contributed by atoms with Gasteiger partial charge in [0.05, 0.1) is 0 Å². The number of nitrogens with one attached hydrogen (secondary N) is 2. The van der Waals surface area contributed by atoms with E-state index in [1.54, 1.807) is 0 Å². The monoisotopic (exact) mass is 252 g/mol. The van der Waals surface area contributed by atoms with Crippen molar-refractivity contribution >= 4 is 0 Å². The van der Waals surface area contributed by atoms with Crippen LogP contribution in [-0.4, -0.2) is 31.9 Å². The molecule has 0 aliphatic heterocycles. The first-order valence-electron chi connectivity index (χ1n) is 6.59. The van der Waals surface area contributed by atoms with Crippen LogP contribution in [0.5, 0.6) is 0 Å². The molecule has 1 aliphatic rings. The molecule has 0 amide bonds. The van der Waals surface area contributed by atoms with E-state index >= 15 is 0 Å². The van der Waals surface area contributed by atoms with Crippen LogP contribution >= 0.6 is 0 Å². The first kappa shape index (κ1) is 14.8. The highest BCUT2D eigenvalue weighted by molar-refractivity contribution is 4.73. The normalized spacial score (nSPS) is 17.8. The molecule has 1 aliphatic carbocycles. The summed E-state index contributed by atoms with van der Waals surface area (Å²) < 4.78 is 35.5. The molecule has 0 radical (unpaired) electrons. The first-order valence-corrected chi connectivity index (χ1v) is 6.59. The molecular formula is C12H23F3N2. The Kier molecular flexibility index (Phi) is 6.89. The van der Waals surface area contributed by atoms with E-state index < -0.39 is 12.6 Å². The summed E-state index contributed by atoms with van der Waals surface area (Å²) in [5.74, 6) is 0. The fourth-order valence-corrected chi connectivity index (χ4v) is 2.20. The Morgan fingerprint density at radius 1 is 0.941 bits per heavy atom. The molecule has 2 N–H and O–H groups in total. The van der Waals surface area contributed by atoms with Crippen molar-refractivity contribution in [2.24, 2.45) is 0 Å². The SMILES string of the molecule is FC(F)(F)CCCCNCCNC1CCCC1. The van der Waals surface area contributed by atoms with Gasteiger partial charge in [-0.25, -0.2) is 0 Å². The lowest BCUT2D eigenvalue weighted by molar-refractivity contribution is -0.135. The fraction of sp³-hybridized carbons (Fsp3) is 1.00. The molecule has 0 aromatic heterocycles. The van der Waals surface area contributed by atoms with Gasteiger partial charge < -0.3 is 10.6 Å². The van der Waals surface area contributed by atoms with Crippen molar-refractivity contribution in [3.05, 3.63) is 0 Å². The van der Waals surface area contributed by atoms with Gasteiger partial charge in [-0.1, -0.05) is 12.8 Å². The lowest BCUT2D eigenvalue weighted by Gasteiger charge is -2.12. The lowest BCUT2D eigenvalue weighted by atomic mass is 10.2. The molecule has 0 bridgehead atoms. The highest BCUT2D eigenvalue weighted by Crippen LogP contribution is 2.21. The maximum absolute atomic E-state index is 11.8. The first-order chi connectivity index (χ1) is 8.08. The summed E-state index contributed by atoms with van der Waals surface area (Å²) in [5.41, 5.74) is 0. The molecule has 5 heteroatoms. The molecular weight excluding hydrogens is 229 g/mol. The van der Waals surface area contributed by atoms with Gasteiger partial charge in [0.1, 0.15) is 0 Å². The Hall–Kier alpha value is -0.290. The molecule has 17 heavy (non-hydrogen) atoms. The zero-order chi connectivity index (χ0) is 12.6. The summed E-state index contributed by atoms with van der Waals surface area (Å²) >= 11 is 0. The molecule has 1 saturated carbocycles. The number of alkyl halides is 3. The zero-order valence-corrected chi connectivity index (χ0v) is 10.3. The summed E-state index contributed by atoms with van der Waals surface area (Å²) in [6, 6.07) is 0.669. The predicted octanol–water partition coefficient (Wildman–Crippen LogP) is 2.84. The molecule has 2 nitrogen and oxygen atoms in total. The van der Waals surface area contributed by atoms with Crippen molar-refractivity contribution in [2.45, 2.75) is 57.2 Å². The fourth-order valence-electron chi connectivity index (χ4n) is 2.20. The third kappa shape index (κ3) is 8.44. The number of halogens is 3. The summed E-state index contributed by atoms with van der Waals surface area (Å²) in [4.78, 5) is 0. The van der Waals surface area contributed by atoms with Gasteiger partial charge in [-0.3, -0.25) is 0 Å². The Labute approximate surface area is 101 Å². The van der Waals surface area contributed by atoms with Crippen molar-refractivity contribution in [3.8, 4) is 0 Å². The molecule has 0 atom stereocenters. The van der Waals surface area contributed by atoms with Gasteiger partial charge >= 0.3 is 6.18 Å². The van der Waals surface area contributed by atoms with Crippen LogP contribution in [0.3, 0.4) is 0 Å². The minimum Gasteiger partial charge on any atom is -0.315 e. The summed E-state index contributed by atoms with van der Waals surface area (Å²) in [6.45, 7) is 2.45. The summed E-state index contributed by atoms with van der Waals surface area (Å²) in [5, 5.41) is 6.62. The molecule has 0 unspecified atom stereocenters. The van der Waals surface area contributed by atoms with Crippen LogP contribution in [0.1, 0.15) is 44.9 Å². The third-order valence-electron chi connectivity index (χ3n) is 3.15. The van der Waals surface area contributed by atoms with Gasteiger partial charge in [-0.05, 0) is 32.2 Å². The van der Waals surface area contributed by atoms with Crippen molar-refractivity contribution < 1.29 is 13.2 Å². The van der Waals surface area contributed by atoms with Crippen molar-refractivity contribution in [1.82, 2.24) is 10.6 Å². The molecule has 0 aromatic carbocycles. The molecule has 102 valence electrons. The average Bonchev–Trinajstić information content (AvgIpc) is 2.73. The van der Waals surface area contributed by atoms with Crippen LogP contribution in [0.25, 0.3) is 0 Å². The molecule has 1 fully saturated rings. The van der Waals surface area contributed by atoms with Gasteiger partial charge in [0, 0.05) is 25.6 Å². The maximum Gasteiger partial charge on any atom is 0.389 e. The summed E-state index contributed by atoms with van der Waals surface area (Å²) in [7, 11) is 0. The van der Waals surface area contributed by atoms with Gasteiger partial charge in [-0.2, -0.15) is 13.2 Å². The van der Waals surface area contributed by atoms with E-state index in [0.29, 0.717) is 19.0 Å². The average molecular weight is 252 g/mol. The van der Waals surface area contributed by atoms with E-state index in [-0.39, 0.29) is 6.42 Å². The Balaban J connectivity index is 1.78. The summed E-state index contributed by atoms with van der Waals surface area (Å²) in [6.07, 6.45) is 1.36. The van der Waals surface area contributed by atoms with Gasteiger partial charge in [0.2, 0.25) is 0 Å². The van der Waals surface area contributed by atoms with Crippen LogP contribution in [0.15, 0.2) is 0 Å². The quantitative estimate of drug-likeness (QED) is 0.649. The van der Waals surface area contributed by atoms with Gasteiger partial charge in [0.15, 0.2) is 0 Å². The van der Waals surface area contributed by atoms with E-state index in [1.165, 1.54) is 25.7 Å². The van der Waals surface area contributed by atoms with Crippen LogP contribution in [-0.2, 0) is 0 Å². The van der Waals surface area contributed by atoms with Crippen LogP contribution in [0, 0.1) is 0 Å². The highest BCUT2D eigenvalue weighted by Gasteiger charge is 2.25. The standard InChI is InChI=1S/C12H23F3N2/c13-12(14,15)7-3-4-8-16-9-10-17-11-5-1-2-6-11/h11,16-17H,1-10H2. The topological polar surface area (TPSA) is 24.1 Å². The number of unbranched alkanes of at least 4 members (excludes halogenated alkanes) is 1. The van der Waals surface area contributed by atoms with E-state index in [4.69, 9.17) is 0 Å². The predicted molar refractivity (Wildman–Crippen MR) is 63.0 cm³/mol. The molecule has 0 saturated heterocycles. The highest BCUT2D eigenvalue weighted by atomic mass is 19.4. The second-order valence-electron chi connectivity index (χ2n) is 4.76. The van der Waals surface area contributed by atoms with E-state index in [2.05, 4.69) is 10.6 Å². The van der Waals surface area contributed by atoms with Gasteiger partial charge in [-0.15, -0.1) is 0 Å². The van der Waals surface area contributed by atoms with Crippen molar-refractivity contribution in [1.29, 1.82) is 0 Å². The second kappa shape index (κ2) is 7.93. The van der Waals surface area contributed by atoms with E-state index in [9.17, 15) is 13.2 Å². The Morgan fingerprint density at radius 2 is 1.65 bits per heavy atom. The molecule has 1 rings (SSSR count). The van der Waals surface area contributed by atoms with E-state index in [1.807, 2.05) is 0 Å². The Bertz CT molecular complexity index is 189. The number of hydrogen-bond donors (Lipinski definition) is 2. The zero-order valence-electron chi connectivity index (χ0n) is 10.3. The Morgan fingerprint density at radius 3 is 2.29 bits per heavy atom.